The second-order valence-electron chi connectivity index (χ2n) is 6.45. The summed E-state index contributed by atoms with van der Waals surface area (Å²) in [5.74, 6) is 0.609. The Kier molecular flexibility index (Phi) is 2.77. The fraction of sp³-hybridized carbons (Fsp3) is 0.800. The van der Waals surface area contributed by atoms with E-state index in [1.165, 1.54) is 0 Å². The summed E-state index contributed by atoms with van der Waals surface area (Å²) in [6, 6.07) is 0. The lowest BCUT2D eigenvalue weighted by molar-refractivity contribution is -0.139. The van der Waals surface area contributed by atoms with Crippen LogP contribution in [0.15, 0.2) is 12.2 Å². The Hall–Kier alpha value is -0.830. The highest BCUT2D eigenvalue weighted by Gasteiger charge is 2.53. The largest absolute Gasteiger partial charge is 0.458 e. The van der Waals surface area contributed by atoms with Crippen molar-refractivity contribution in [2.45, 2.75) is 63.8 Å². The SMILES string of the molecule is C=C1C(=O)O[C@@H]2C[C@@H](C)CC[C@H]3O[C@@]3(C)CC[C@@H]12. The summed E-state index contributed by atoms with van der Waals surface area (Å²) >= 11 is 0. The Morgan fingerprint density at radius 2 is 2.11 bits per heavy atom. The number of carbonyl (C=O) groups is 1. The lowest BCUT2D eigenvalue weighted by atomic mass is 9.81. The Bertz CT molecular complexity index is 389. The molecule has 0 aromatic carbocycles. The van der Waals surface area contributed by atoms with Gasteiger partial charge in [0, 0.05) is 11.5 Å². The summed E-state index contributed by atoms with van der Waals surface area (Å²) in [5, 5.41) is 0. The summed E-state index contributed by atoms with van der Waals surface area (Å²) in [6.07, 6.45) is 5.75. The predicted octanol–water partition coefficient (Wildman–Crippen LogP) is 2.84. The number of fused-ring (bicyclic) bond motifs is 2. The smallest absolute Gasteiger partial charge is 0.334 e. The second kappa shape index (κ2) is 4.09. The highest BCUT2D eigenvalue weighted by atomic mass is 16.6. The molecule has 0 spiro atoms. The lowest BCUT2D eigenvalue weighted by Crippen LogP contribution is -2.24. The molecule has 1 aliphatic carbocycles. The second-order valence-corrected chi connectivity index (χ2v) is 6.45. The van der Waals surface area contributed by atoms with Gasteiger partial charge in [-0.05, 0) is 44.9 Å². The van der Waals surface area contributed by atoms with Gasteiger partial charge >= 0.3 is 5.97 Å². The number of ether oxygens (including phenoxy) is 2. The summed E-state index contributed by atoms with van der Waals surface area (Å²) in [7, 11) is 0. The molecule has 3 rings (SSSR count). The molecule has 3 aliphatic rings. The monoisotopic (exact) mass is 250 g/mol. The van der Waals surface area contributed by atoms with Gasteiger partial charge in [-0.1, -0.05) is 13.5 Å². The van der Waals surface area contributed by atoms with Gasteiger partial charge in [0.1, 0.15) is 6.10 Å². The van der Waals surface area contributed by atoms with Crippen molar-refractivity contribution in [3.8, 4) is 0 Å². The van der Waals surface area contributed by atoms with Crippen molar-refractivity contribution in [1.29, 1.82) is 0 Å². The quantitative estimate of drug-likeness (QED) is 0.377. The van der Waals surface area contributed by atoms with E-state index in [1.54, 1.807) is 0 Å². The fourth-order valence-electron chi connectivity index (χ4n) is 3.51. The van der Waals surface area contributed by atoms with Crippen LogP contribution in [0.4, 0.5) is 0 Å². The van der Waals surface area contributed by atoms with Crippen molar-refractivity contribution in [2.75, 3.05) is 0 Å². The molecule has 5 atom stereocenters. The molecule has 0 bridgehead atoms. The maximum atomic E-state index is 11.7. The van der Waals surface area contributed by atoms with Crippen molar-refractivity contribution in [3.63, 3.8) is 0 Å². The number of epoxide rings is 1. The molecule has 2 saturated heterocycles. The van der Waals surface area contributed by atoms with Crippen LogP contribution in [0, 0.1) is 11.8 Å². The van der Waals surface area contributed by atoms with Crippen molar-refractivity contribution in [3.05, 3.63) is 12.2 Å². The standard InChI is InChI=1S/C15H22O3/c1-9-4-5-13-15(3,18-13)7-6-11-10(2)14(16)17-12(11)8-9/h9,11-13H,2,4-8H2,1,3H3/t9-,11-,12+,13+,15-/m0/s1. The van der Waals surface area contributed by atoms with Gasteiger partial charge < -0.3 is 9.47 Å². The van der Waals surface area contributed by atoms with E-state index in [0.29, 0.717) is 17.6 Å². The van der Waals surface area contributed by atoms with Crippen LogP contribution in [0.25, 0.3) is 0 Å². The molecule has 0 aromatic heterocycles. The van der Waals surface area contributed by atoms with Crippen LogP contribution >= 0.6 is 0 Å². The van der Waals surface area contributed by atoms with Crippen LogP contribution in [0.3, 0.4) is 0 Å². The van der Waals surface area contributed by atoms with Gasteiger partial charge in [-0.2, -0.15) is 0 Å². The Labute approximate surface area is 109 Å². The molecule has 1 saturated carbocycles. The highest BCUT2D eigenvalue weighted by Crippen LogP contribution is 2.47. The van der Waals surface area contributed by atoms with Crippen LogP contribution in [0.2, 0.25) is 0 Å². The molecular formula is C15H22O3. The normalized spacial score (nSPS) is 48.1. The Morgan fingerprint density at radius 1 is 1.33 bits per heavy atom. The van der Waals surface area contributed by atoms with Gasteiger partial charge in [0.2, 0.25) is 0 Å². The summed E-state index contributed by atoms with van der Waals surface area (Å²) in [6.45, 7) is 8.35. The van der Waals surface area contributed by atoms with Crippen LogP contribution in [-0.4, -0.2) is 23.8 Å². The molecular weight excluding hydrogens is 228 g/mol. The molecule has 3 heteroatoms. The maximum Gasteiger partial charge on any atom is 0.334 e. The van der Waals surface area contributed by atoms with Crippen LogP contribution < -0.4 is 0 Å². The predicted molar refractivity (Wildman–Crippen MR) is 68.0 cm³/mol. The number of hydrogen-bond donors (Lipinski definition) is 0. The first-order valence-corrected chi connectivity index (χ1v) is 7.07. The minimum atomic E-state index is -0.185. The lowest BCUT2D eigenvalue weighted by Gasteiger charge is -2.23. The molecule has 2 aliphatic heterocycles. The van der Waals surface area contributed by atoms with Crippen molar-refractivity contribution >= 4 is 5.97 Å². The number of carbonyl (C=O) groups excluding carboxylic acids is 1. The molecule has 18 heavy (non-hydrogen) atoms. The minimum absolute atomic E-state index is 0.0491. The first-order chi connectivity index (χ1) is 8.49. The number of esters is 1. The zero-order chi connectivity index (χ0) is 12.9. The van der Waals surface area contributed by atoms with Crippen molar-refractivity contribution < 1.29 is 14.3 Å². The summed E-state index contributed by atoms with van der Waals surface area (Å²) in [4.78, 5) is 11.7. The summed E-state index contributed by atoms with van der Waals surface area (Å²) < 4.78 is 11.3. The summed E-state index contributed by atoms with van der Waals surface area (Å²) in [5.41, 5.74) is 0.724. The molecule has 0 radical (unpaired) electrons. The van der Waals surface area contributed by atoms with Gasteiger partial charge in [-0.25, -0.2) is 4.79 Å². The number of rotatable bonds is 0. The molecule has 0 unspecified atom stereocenters. The molecule has 2 heterocycles. The van der Waals surface area contributed by atoms with Crippen LogP contribution in [0.5, 0.6) is 0 Å². The molecule has 0 amide bonds. The van der Waals surface area contributed by atoms with E-state index < -0.39 is 0 Å². The first-order valence-electron chi connectivity index (χ1n) is 7.07. The zero-order valence-corrected chi connectivity index (χ0v) is 11.3. The van der Waals surface area contributed by atoms with E-state index in [1.807, 2.05) is 0 Å². The van der Waals surface area contributed by atoms with E-state index in [4.69, 9.17) is 9.47 Å². The van der Waals surface area contributed by atoms with Gasteiger partial charge in [0.05, 0.1) is 11.7 Å². The van der Waals surface area contributed by atoms with E-state index in [2.05, 4.69) is 20.4 Å². The Balaban J connectivity index is 1.77. The third-order valence-corrected chi connectivity index (χ3v) is 4.96. The van der Waals surface area contributed by atoms with E-state index in [0.717, 1.165) is 32.1 Å². The zero-order valence-electron chi connectivity index (χ0n) is 11.3. The maximum absolute atomic E-state index is 11.7. The van der Waals surface area contributed by atoms with Gasteiger partial charge in [-0.15, -0.1) is 0 Å². The van der Waals surface area contributed by atoms with Gasteiger partial charge in [0.15, 0.2) is 0 Å². The van der Waals surface area contributed by atoms with E-state index in [9.17, 15) is 4.79 Å². The van der Waals surface area contributed by atoms with Crippen LogP contribution in [0.1, 0.15) is 46.0 Å². The van der Waals surface area contributed by atoms with E-state index in [-0.39, 0.29) is 23.6 Å². The van der Waals surface area contributed by atoms with Crippen LogP contribution in [-0.2, 0) is 14.3 Å². The third-order valence-electron chi connectivity index (χ3n) is 4.96. The van der Waals surface area contributed by atoms with E-state index >= 15 is 0 Å². The fourth-order valence-corrected chi connectivity index (χ4v) is 3.51. The van der Waals surface area contributed by atoms with Gasteiger partial charge in [-0.3, -0.25) is 0 Å². The van der Waals surface area contributed by atoms with Crippen molar-refractivity contribution in [1.82, 2.24) is 0 Å². The van der Waals surface area contributed by atoms with Crippen molar-refractivity contribution in [2.24, 2.45) is 11.8 Å². The average Bonchev–Trinajstić information content (AvgIpc) is 2.89. The molecule has 3 nitrogen and oxygen atoms in total. The Morgan fingerprint density at radius 3 is 2.89 bits per heavy atom. The molecule has 0 aromatic rings. The third kappa shape index (κ3) is 1.99. The minimum Gasteiger partial charge on any atom is -0.458 e. The highest BCUT2D eigenvalue weighted by molar-refractivity contribution is 5.90. The molecule has 100 valence electrons. The average molecular weight is 250 g/mol. The first kappa shape index (κ1) is 12.2. The number of hydrogen-bond acceptors (Lipinski definition) is 3. The molecule has 0 N–H and O–H groups in total. The molecule has 3 fully saturated rings. The van der Waals surface area contributed by atoms with Gasteiger partial charge in [0.25, 0.3) is 0 Å². The topological polar surface area (TPSA) is 38.8 Å².